The summed E-state index contributed by atoms with van der Waals surface area (Å²) in [6.45, 7) is 1.48. The monoisotopic (exact) mass is 343 g/mol. The SMILES string of the molecule is CC(=O)c1cccc(NC(=O)CSC2=NC(=O)N=C3CCCC32)c1. The zero-order chi connectivity index (χ0) is 17.1. The normalized spacial score (nSPS) is 19.4. The summed E-state index contributed by atoms with van der Waals surface area (Å²) in [4.78, 5) is 43.0. The molecule has 0 saturated heterocycles. The Bertz CT molecular complexity index is 770. The van der Waals surface area contributed by atoms with E-state index < -0.39 is 6.03 Å². The average Bonchev–Trinajstić information content (AvgIpc) is 3.01. The van der Waals surface area contributed by atoms with Crippen molar-refractivity contribution in [3.8, 4) is 0 Å². The van der Waals surface area contributed by atoms with Crippen LogP contribution in [0, 0.1) is 5.92 Å². The van der Waals surface area contributed by atoms with Crippen molar-refractivity contribution in [3.05, 3.63) is 29.8 Å². The summed E-state index contributed by atoms with van der Waals surface area (Å²) in [5, 5.41) is 3.46. The van der Waals surface area contributed by atoms with Crippen molar-refractivity contribution in [2.45, 2.75) is 26.2 Å². The molecule has 124 valence electrons. The molecule has 1 unspecified atom stereocenters. The Kier molecular flexibility index (Phi) is 4.89. The Morgan fingerprint density at radius 1 is 1.33 bits per heavy atom. The van der Waals surface area contributed by atoms with E-state index in [1.807, 2.05) is 0 Å². The standard InChI is InChI=1S/C17H17N3O3S/c1-10(21)11-4-2-5-12(8-11)18-15(22)9-24-16-13-6-3-7-14(13)19-17(23)20-16/h2,4-5,8,13H,3,6-7,9H2,1H3,(H,18,22). The first-order valence-corrected chi connectivity index (χ1v) is 8.75. The van der Waals surface area contributed by atoms with Gasteiger partial charge < -0.3 is 5.32 Å². The molecule has 1 heterocycles. The van der Waals surface area contributed by atoms with Crippen LogP contribution < -0.4 is 5.32 Å². The zero-order valence-electron chi connectivity index (χ0n) is 13.2. The van der Waals surface area contributed by atoms with Crippen LogP contribution in [0.15, 0.2) is 34.3 Å². The van der Waals surface area contributed by atoms with Crippen LogP contribution >= 0.6 is 11.8 Å². The quantitative estimate of drug-likeness (QED) is 0.849. The number of hydrogen-bond donors (Lipinski definition) is 1. The molecular formula is C17H17N3O3S. The molecule has 1 aromatic rings. The van der Waals surface area contributed by atoms with Crippen LogP contribution in [-0.2, 0) is 4.79 Å². The summed E-state index contributed by atoms with van der Waals surface area (Å²) >= 11 is 1.28. The number of anilines is 1. The first kappa shape index (κ1) is 16.6. The number of hydrogen-bond acceptors (Lipinski definition) is 4. The number of benzene rings is 1. The minimum absolute atomic E-state index is 0.0522. The highest BCUT2D eigenvalue weighted by molar-refractivity contribution is 8.14. The number of rotatable bonds is 4. The number of urea groups is 1. The van der Waals surface area contributed by atoms with Gasteiger partial charge in [0.25, 0.3) is 0 Å². The third-order valence-corrected chi connectivity index (χ3v) is 5.05. The Labute approximate surface area is 143 Å². The highest BCUT2D eigenvalue weighted by Gasteiger charge is 2.32. The fourth-order valence-electron chi connectivity index (χ4n) is 2.83. The highest BCUT2D eigenvalue weighted by Crippen LogP contribution is 2.31. The molecule has 7 heteroatoms. The number of thioether (sulfide) groups is 1. The number of carbonyl (C=O) groups excluding carboxylic acids is 3. The van der Waals surface area contributed by atoms with Crippen molar-refractivity contribution in [2.75, 3.05) is 11.1 Å². The van der Waals surface area contributed by atoms with Crippen molar-refractivity contribution in [3.63, 3.8) is 0 Å². The van der Waals surface area contributed by atoms with E-state index >= 15 is 0 Å². The number of Topliss-reactive ketones (excluding diaryl/α,β-unsaturated/α-hetero) is 1. The van der Waals surface area contributed by atoms with Gasteiger partial charge in [0.1, 0.15) is 0 Å². The predicted octanol–water partition coefficient (Wildman–Crippen LogP) is 3.33. The minimum Gasteiger partial charge on any atom is -0.325 e. The largest absolute Gasteiger partial charge is 0.367 e. The molecule has 1 aliphatic heterocycles. The number of nitrogens with one attached hydrogen (secondary N) is 1. The number of carbonyl (C=O) groups is 3. The lowest BCUT2D eigenvalue weighted by Gasteiger charge is -2.16. The Balaban J connectivity index is 1.59. The van der Waals surface area contributed by atoms with Crippen LogP contribution in [0.4, 0.5) is 10.5 Å². The smallest absolute Gasteiger partial charge is 0.325 e. The molecule has 0 aromatic heterocycles. The molecule has 0 spiro atoms. The third-order valence-electron chi connectivity index (χ3n) is 3.98. The van der Waals surface area contributed by atoms with Crippen LogP contribution in [-0.4, -0.2) is 34.2 Å². The van der Waals surface area contributed by atoms with Crippen molar-refractivity contribution in [2.24, 2.45) is 15.9 Å². The van der Waals surface area contributed by atoms with E-state index in [0.29, 0.717) is 16.3 Å². The first-order valence-electron chi connectivity index (χ1n) is 7.76. The van der Waals surface area contributed by atoms with Gasteiger partial charge >= 0.3 is 6.03 Å². The highest BCUT2D eigenvalue weighted by atomic mass is 32.2. The summed E-state index contributed by atoms with van der Waals surface area (Å²) in [6, 6.07) is 6.34. The minimum atomic E-state index is -0.472. The summed E-state index contributed by atoms with van der Waals surface area (Å²) in [5.74, 6) is 0.0169. The second kappa shape index (κ2) is 7.09. The zero-order valence-corrected chi connectivity index (χ0v) is 14.1. The second-order valence-corrected chi connectivity index (χ2v) is 6.75. The number of fused-ring (bicyclic) bond motifs is 1. The van der Waals surface area contributed by atoms with Gasteiger partial charge in [-0.15, -0.1) is 0 Å². The van der Waals surface area contributed by atoms with Gasteiger partial charge in [0, 0.05) is 22.9 Å². The number of nitrogens with zero attached hydrogens (tertiary/aromatic N) is 2. The van der Waals surface area contributed by atoms with Crippen molar-refractivity contribution in [1.82, 2.24) is 0 Å². The molecule has 2 aliphatic rings. The third kappa shape index (κ3) is 3.79. The number of ketones is 1. The van der Waals surface area contributed by atoms with Crippen LogP contribution in [0.2, 0.25) is 0 Å². The topological polar surface area (TPSA) is 88.0 Å². The van der Waals surface area contributed by atoms with Gasteiger partial charge in [-0.25, -0.2) is 9.79 Å². The molecule has 24 heavy (non-hydrogen) atoms. The molecule has 3 amide bonds. The first-order chi connectivity index (χ1) is 11.5. The molecule has 6 nitrogen and oxygen atoms in total. The maximum Gasteiger partial charge on any atom is 0.367 e. The predicted molar refractivity (Wildman–Crippen MR) is 95.1 cm³/mol. The van der Waals surface area contributed by atoms with E-state index in [1.165, 1.54) is 18.7 Å². The van der Waals surface area contributed by atoms with Gasteiger partial charge in [0.15, 0.2) is 5.78 Å². The van der Waals surface area contributed by atoms with Crippen LogP contribution in [0.1, 0.15) is 36.5 Å². The molecule has 1 fully saturated rings. The van der Waals surface area contributed by atoms with E-state index in [2.05, 4.69) is 15.3 Å². The summed E-state index contributed by atoms with van der Waals surface area (Å²) in [6.07, 6.45) is 2.76. The van der Waals surface area contributed by atoms with Gasteiger partial charge in [-0.2, -0.15) is 4.99 Å². The molecule has 1 aromatic carbocycles. The molecule has 0 radical (unpaired) electrons. The van der Waals surface area contributed by atoms with E-state index in [0.717, 1.165) is 25.0 Å². The van der Waals surface area contributed by atoms with Gasteiger partial charge in [-0.1, -0.05) is 23.9 Å². The van der Waals surface area contributed by atoms with Gasteiger partial charge in [-0.3, -0.25) is 9.59 Å². The van der Waals surface area contributed by atoms with Gasteiger partial charge in [0.2, 0.25) is 5.91 Å². The van der Waals surface area contributed by atoms with Gasteiger partial charge in [0.05, 0.1) is 10.8 Å². The van der Waals surface area contributed by atoms with Crippen LogP contribution in [0.5, 0.6) is 0 Å². The average molecular weight is 343 g/mol. The number of aliphatic imine (C=N–C) groups is 2. The van der Waals surface area contributed by atoms with Crippen molar-refractivity contribution >= 4 is 45.9 Å². The molecular weight excluding hydrogens is 326 g/mol. The Morgan fingerprint density at radius 2 is 2.17 bits per heavy atom. The second-order valence-electron chi connectivity index (χ2n) is 5.75. The number of amides is 3. The Hall–Kier alpha value is -2.28. The molecule has 0 bridgehead atoms. The van der Waals surface area contributed by atoms with E-state index in [-0.39, 0.29) is 23.4 Å². The van der Waals surface area contributed by atoms with Gasteiger partial charge in [-0.05, 0) is 38.3 Å². The lowest BCUT2D eigenvalue weighted by molar-refractivity contribution is -0.113. The van der Waals surface area contributed by atoms with Crippen molar-refractivity contribution in [1.29, 1.82) is 0 Å². The molecule has 1 aliphatic carbocycles. The summed E-state index contributed by atoms with van der Waals surface area (Å²) in [5.41, 5.74) is 2.03. The summed E-state index contributed by atoms with van der Waals surface area (Å²) < 4.78 is 0. The maximum absolute atomic E-state index is 12.1. The van der Waals surface area contributed by atoms with E-state index in [9.17, 15) is 14.4 Å². The van der Waals surface area contributed by atoms with E-state index in [4.69, 9.17) is 0 Å². The lowest BCUT2D eigenvalue weighted by Crippen LogP contribution is -2.24. The lowest BCUT2D eigenvalue weighted by atomic mass is 10.1. The molecule has 3 rings (SSSR count). The van der Waals surface area contributed by atoms with Crippen LogP contribution in [0.25, 0.3) is 0 Å². The Morgan fingerprint density at radius 3 is 2.96 bits per heavy atom. The molecule has 1 N–H and O–H groups in total. The molecule has 1 saturated carbocycles. The maximum atomic E-state index is 12.1. The fraction of sp³-hybridized carbons (Fsp3) is 0.353. The van der Waals surface area contributed by atoms with Crippen molar-refractivity contribution < 1.29 is 14.4 Å². The van der Waals surface area contributed by atoms with Crippen LogP contribution in [0.3, 0.4) is 0 Å². The summed E-state index contributed by atoms with van der Waals surface area (Å²) in [7, 11) is 0. The fourth-order valence-corrected chi connectivity index (χ4v) is 3.78. The molecule has 1 atom stereocenters. The van der Waals surface area contributed by atoms with E-state index in [1.54, 1.807) is 24.3 Å².